The molecule has 2 aromatic heterocycles. The maximum absolute atomic E-state index is 13.3. The molecule has 0 fully saturated rings. The van der Waals surface area contributed by atoms with Crippen LogP contribution in [0.1, 0.15) is 97.7 Å². The first-order valence-corrected chi connectivity index (χ1v) is 20.3. The highest BCUT2D eigenvalue weighted by Gasteiger charge is 2.38. The quantitative estimate of drug-likeness (QED) is 0.132. The molecule has 4 N–H and O–H groups in total. The molecule has 3 amide bonds. The van der Waals surface area contributed by atoms with Gasteiger partial charge in [0.25, 0.3) is 17.7 Å². The number of nitrogens with one attached hydrogen (secondary N) is 1. The maximum Gasteiger partial charge on any atom is 0.258 e. The number of aliphatic hydroxyl groups excluding tert-OH is 1. The molecule has 63 heavy (non-hydrogen) atoms. The second-order valence-electron chi connectivity index (χ2n) is 17.6. The third-order valence-corrected chi connectivity index (χ3v) is 11.4. The molecule has 0 atom stereocenters. The van der Waals surface area contributed by atoms with E-state index in [2.05, 4.69) is 15.3 Å². The van der Waals surface area contributed by atoms with Gasteiger partial charge in [0.1, 0.15) is 29.3 Å². The molecule has 3 aliphatic rings. The summed E-state index contributed by atoms with van der Waals surface area (Å²) in [6, 6.07) is 16.1. The van der Waals surface area contributed by atoms with Crippen LogP contribution in [0.5, 0.6) is 11.5 Å². The summed E-state index contributed by atoms with van der Waals surface area (Å²) in [5.41, 5.74) is 5.13. The average Bonchev–Trinajstić information content (AvgIpc) is 3.86. The van der Waals surface area contributed by atoms with E-state index in [9.17, 15) is 38.5 Å². The van der Waals surface area contributed by atoms with Crippen LogP contribution in [-0.2, 0) is 30.7 Å². The van der Waals surface area contributed by atoms with Gasteiger partial charge in [-0.15, -0.1) is 0 Å². The van der Waals surface area contributed by atoms with Gasteiger partial charge in [0, 0.05) is 61.5 Å². The summed E-state index contributed by atoms with van der Waals surface area (Å²) in [7, 11) is 3.30. The number of phenols is 2. The zero-order valence-corrected chi connectivity index (χ0v) is 35.6. The van der Waals surface area contributed by atoms with Gasteiger partial charge in [-0.2, -0.15) is 0 Å². The SMILES string of the molecule is CN1Cc2c(c(O)c3ncc(Cc4ccc(F)cc4)cc3c2C(=O)NC(C)(C)CO)C1=O.CN1Cc2c(c(O)c3ncc(Cc4ccc(F)cc4)cc3c2C2=NC(C)(C)CO2)C1=O. The number of hydrogen-bond acceptors (Lipinski definition) is 10. The van der Waals surface area contributed by atoms with Crippen LogP contribution >= 0.6 is 0 Å². The van der Waals surface area contributed by atoms with Crippen molar-refractivity contribution in [1.29, 1.82) is 0 Å². The van der Waals surface area contributed by atoms with E-state index in [0.29, 0.717) is 64.9 Å². The Morgan fingerprint density at radius 1 is 0.762 bits per heavy atom. The Morgan fingerprint density at radius 3 is 1.73 bits per heavy atom. The van der Waals surface area contributed by atoms with Crippen molar-refractivity contribution in [3.05, 3.63) is 140 Å². The molecule has 324 valence electrons. The molecule has 13 nitrogen and oxygen atoms in total. The second kappa shape index (κ2) is 16.0. The van der Waals surface area contributed by atoms with E-state index in [1.54, 1.807) is 75.6 Å². The number of carbonyl (C=O) groups excluding carboxylic acids is 3. The molecule has 0 bridgehead atoms. The lowest BCUT2D eigenvalue weighted by atomic mass is 9.93. The number of fused-ring (bicyclic) bond motifs is 4. The van der Waals surface area contributed by atoms with Gasteiger partial charge in [0.2, 0.25) is 5.90 Å². The highest BCUT2D eigenvalue weighted by Crippen LogP contribution is 2.42. The smallest absolute Gasteiger partial charge is 0.258 e. The van der Waals surface area contributed by atoms with Crippen LogP contribution in [0.2, 0.25) is 0 Å². The van der Waals surface area contributed by atoms with Crippen molar-refractivity contribution >= 4 is 45.4 Å². The number of aliphatic hydroxyl groups is 1. The number of aromatic hydroxyl groups is 2. The molecule has 0 saturated carbocycles. The number of benzene rings is 4. The summed E-state index contributed by atoms with van der Waals surface area (Å²) >= 11 is 0. The van der Waals surface area contributed by atoms with Crippen LogP contribution in [-0.4, -0.2) is 97.1 Å². The number of pyridine rings is 2. The Bertz CT molecular complexity index is 2900. The Balaban J connectivity index is 0.000000173. The first kappa shape index (κ1) is 42.7. The molecule has 0 unspecified atom stereocenters. The number of nitrogens with zero attached hydrogens (tertiary/aromatic N) is 5. The standard InChI is InChI=1S/C24H24FN3O4.C24H22FN3O3/c1-24(2,12-29)27-22(31)18-16-9-14(8-13-4-6-15(25)7-5-13)10-26-20(16)21(30)19-17(18)11-28(3)23(19)32;1-24(2)12-31-22(27-24)18-16-9-14(8-13-4-6-15(25)7-5-13)10-26-20(16)21(29)19-17(18)11-28(3)23(19)30/h4-7,9-10,29-30H,8,11-12H2,1-3H3,(H,27,31);4-7,9-10,29H,8,11-12H2,1-3H3. The fourth-order valence-electron chi connectivity index (χ4n) is 8.14. The number of aliphatic imine (C=N–C) groups is 1. The molecule has 0 aliphatic carbocycles. The fourth-order valence-corrected chi connectivity index (χ4v) is 8.14. The van der Waals surface area contributed by atoms with Crippen LogP contribution in [0, 0.1) is 11.6 Å². The molecule has 3 aliphatic heterocycles. The third-order valence-electron chi connectivity index (χ3n) is 11.4. The molecule has 5 heterocycles. The topological polar surface area (TPSA) is 178 Å². The molecule has 6 aromatic rings. The van der Waals surface area contributed by atoms with E-state index < -0.39 is 11.4 Å². The van der Waals surface area contributed by atoms with E-state index >= 15 is 0 Å². The monoisotopic (exact) mass is 856 g/mol. The molecule has 4 aromatic carbocycles. The minimum absolute atomic E-state index is 0.0748. The lowest BCUT2D eigenvalue weighted by Gasteiger charge is -2.25. The van der Waals surface area contributed by atoms with Crippen molar-refractivity contribution in [2.45, 2.75) is 64.7 Å². The first-order chi connectivity index (χ1) is 29.8. The minimum atomic E-state index is -0.887. The van der Waals surface area contributed by atoms with E-state index in [4.69, 9.17) is 9.73 Å². The molecule has 15 heteroatoms. The number of hydrogen-bond donors (Lipinski definition) is 4. The van der Waals surface area contributed by atoms with Gasteiger partial charge in [-0.25, -0.2) is 13.8 Å². The summed E-state index contributed by atoms with van der Waals surface area (Å²) in [5, 5.41) is 35.2. The average molecular weight is 857 g/mol. The zero-order valence-electron chi connectivity index (χ0n) is 35.6. The van der Waals surface area contributed by atoms with Gasteiger partial charge in [0.15, 0.2) is 11.5 Å². The van der Waals surface area contributed by atoms with Crippen molar-refractivity contribution in [1.82, 2.24) is 25.1 Å². The van der Waals surface area contributed by atoms with Gasteiger partial charge in [0.05, 0.1) is 39.9 Å². The highest BCUT2D eigenvalue weighted by molar-refractivity contribution is 6.17. The summed E-state index contributed by atoms with van der Waals surface area (Å²) < 4.78 is 32.4. The Hall–Kier alpha value is -7.00. The van der Waals surface area contributed by atoms with Crippen LogP contribution < -0.4 is 5.32 Å². The molecule has 0 radical (unpaired) electrons. The lowest BCUT2D eigenvalue weighted by molar-refractivity contribution is 0.0806. The largest absolute Gasteiger partial charge is 0.505 e. The zero-order chi connectivity index (χ0) is 45.1. The van der Waals surface area contributed by atoms with Crippen molar-refractivity contribution in [2.24, 2.45) is 4.99 Å². The van der Waals surface area contributed by atoms with Gasteiger partial charge in [-0.3, -0.25) is 24.4 Å². The Kier molecular flexibility index (Phi) is 10.9. The molecule has 0 saturated heterocycles. The van der Waals surface area contributed by atoms with Gasteiger partial charge < -0.3 is 35.2 Å². The second-order valence-corrected chi connectivity index (χ2v) is 17.6. The number of amides is 3. The molecule has 9 rings (SSSR count). The fraction of sp³-hybridized carbons (Fsp3) is 0.292. The summed E-state index contributed by atoms with van der Waals surface area (Å²) in [4.78, 5) is 55.3. The number of ether oxygens (including phenoxy) is 1. The summed E-state index contributed by atoms with van der Waals surface area (Å²) in [6.07, 6.45) is 4.24. The van der Waals surface area contributed by atoms with Crippen LogP contribution in [0.3, 0.4) is 0 Å². The predicted octanol–water partition coefficient (Wildman–Crippen LogP) is 6.57. The minimum Gasteiger partial charge on any atom is -0.505 e. The van der Waals surface area contributed by atoms with E-state index in [1.165, 1.54) is 29.2 Å². The van der Waals surface area contributed by atoms with Crippen molar-refractivity contribution < 1.29 is 43.2 Å². The summed E-state index contributed by atoms with van der Waals surface area (Å²) in [5.74, 6) is -1.60. The summed E-state index contributed by atoms with van der Waals surface area (Å²) in [6.45, 7) is 8.03. The van der Waals surface area contributed by atoms with Crippen LogP contribution in [0.25, 0.3) is 21.8 Å². The first-order valence-electron chi connectivity index (χ1n) is 20.3. The highest BCUT2D eigenvalue weighted by atomic mass is 19.1. The van der Waals surface area contributed by atoms with Gasteiger partial charge >= 0.3 is 0 Å². The lowest BCUT2D eigenvalue weighted by Crippen LogP contribution is -2.46. The predicted molar refractivity (Wildman–Crippen MR) is 232 cm³/mol. The number of aromatic nitrogens is 2. The van der Waals surface area contributed by atoms with Crippen LogP contribution in [0.15, 0.2) is 78.0 Å². The van der Waals surface area contributed by atoms with Gasteiger partial charge in [-0.05, 0) is 99.2 Å². The third kappa shape index (κ3) is 8.11. The van der Waals surface area contributed by atoms with Gasteiger partial charge in [-0.1, -0.05) is 24.3 Å². The maximum atomic E-state index is 13.3. The van der Waals surface area contributed by atoms with Crippen molar-refractivity contribution in [2.75, 3.05) is 27.3 Å². The van der Waals surface area contributed by atoms with E-state index in [0.717, 1.165) is 22.3 Å². The van der Waals surface area contributed by atoms with E-state index in [-0.39, 0.29) is 75.8 Å². The Morgan fingerprint density at radius 2 is 1.24 bits per heavy atom. The Labute approximate surface area is 361 Å². The molecular weight excluding hydrogens is 811 g/mol. The molecule has 0 spiro atoms. The number of rotatable bonds is 8. The van der Waals surface area contributed by atoms with Crippen LogP contribution in [0.4, 0.5) is 8.78 Å². The van der Waals surface area contributed by atoms with Crippen molar-refractivity contribution in [3.8, 4) is 11.5 Å². The van der Waals surface area contributed by atoms with Crippen molar-refractivity contribution in [3.63, 3.8) is 0 Å². The van der Waals surface area contributed by atoms with E-state index in [1.807, 2.05) is 19.9 Å². The number of phenolic OH excluding ortho intramolecular Hbond substituents is 2. The number of halogens is 2. The number of carbonyl (C=O) groups is 3. The normalized spacial score (nSPS) is 15.3. The molecular formula is C48H46F2N6O7.